The van der Waals surface area contributed by atoms with Crippen LogP contribution in [0.25, 0.3) is 0 Å². The lowest BCUT2D eigenvalue weighted by atomic mass is 10.2. The van der Waals surface area contributed by atoms with E-state index in [2.05, 4.69) is 0 Å². The molecule has 0 heterocycles. The highest BCUT2D eigenvalue weighted by Gasteiger charge is 2.11. The summed E-state index contributed by atoms with van der Waals surface area (Å²) in [6, 6.07) is 9.07. The molecule has 0 unspecified atom stereocenters. The number of aliphatic carboxylic acids is 1. The Labute approximate surface area is 108 Å². The predicted octanol–water partition coefficient (Wildman–Crippen LogP) is 2.25. The number of sulfone groups is 1. The number of rotatable bonds is 8. The molecule has 0 amide bonds. The molecule has 1 aromatic rings. The Morgan fingerprint density at radius 2 is 1.72 bits per heavy atom. The maximum atomic E-state index is 11.8. The third kappa shape index (κ3) is 6.39. The zero-order chi connectivity index (χ0) is 13.4. The van der Waals surface area contributed by atoms with E-state index in [0.717, 1.165) is 5.56 Å². The SMILES string of the molecule is O=C(O)CCCCCS(=O)(=O)Cc1ccccc1. The van der Waals surface area contributed by atoms with Gasteiger partial charge in [-0.05, 0) is 18.4 Å². The minimum atomic E-state index is -3.08. The molecule has 0 aromatic heterocycles. The van der Waals surface area contributed by atoms with E-state index in [9.17, 15) is 13.2 Å². The number of unbranched alkanes of at least 4 members (excludes halogenated alkanes) is 2. The standard InChI is InChI=1S/C13H18O4S/c14-13(15)9-5-2-6-10-18(16,17)11-12-7-3-1-4-8-12/h1,3-4,7-8H,2,5-6,9-11H2,(H,14,15). The molecule has 4 nitrogen and oxygen atoms in total. The van der Waals surface area contributed by atoms with Crippen LogP contribution >= 0.6 is 0 Å². The molecule has 0 atom stereocenters. The second kappa shape index (κ2) is 7.16. The van der Waals surface area contributed by atoms with Crippen molar-refractivity contribution < 1.29 is 18.3 Å². The number of hydrogen-bond donors (Lipinski definition) is 1. The molecule has 5 heteroatoms. The van der Waals surface area contributed by atoms with Crippen molar-refractivity contribution in [1.82, 2.24) is 0 Å². The number of carbonyl (C=O) groups is 1. The van der Waals surface area contributed by atoms with Crippen molar-refractivity contribution in [3.8, 4) is 0 Å². The molecule has 18 heavy (non-hydrogen) atoms. The van der Waals surface area contributed by atoms with Gasteiger partial charge >= 0.3 is 5.97 Å². The summed E-state index contributed by atoms with van der Waals surface area (Å²) in [5, 5.41) is 8.45. The van der Waals surface area contributed by atoms with Crippen LogP contribution in [0.4, 0.5) is 0 Å². The second-order valence-electron chi connectivity index (χ2n) is 4.28. The Bertz CT molecular complexity index is 465. The zero-order valence-electron chi connectivity index (χ0n) is 10.2. The van der Waals surface area contributed by atoms with Gasteiger partial charge in [-0.25, -0.2) is 8.42 Å². The third-order valence-electron chi connectivity index (χ3n) is 2.58. The Morgan fingerprint density at radius 1 is 1.06 bits per heavy atom. The van der Waals surface area contributed by atoms with Crippen LogP contribution in [0.15, 0.2) is 30.3 Å². The van der Waals surface area contributed by atoms with E-state index in [1.165, 1.54) is 0 Å². The van der Waals surface area contributed by atoms with Crippen LogP contribution in [0.2, 0.25) is 0 Å². The first-order chi connectivity index (χ1) is 8.49. The lowest BCUT2D eigenvalue weighted by Crippen LogP contribution is -2.09. The molecule has 1 aromatic carbocycles. The van der Waals surface area contributed by atoms with Crippen LogP contribution in [0.1, 0.15) is 31.2 Å². The van der Waals surface area contributed by atoms with Crippen molar-refractivity contribution in [2.75, 3.05) is 5.75 Å². The summed E-state index contributed by atoms with van der Waals surface area (Å²) in [7, 11) is -3.08. The van der Waals surface area contributed by atoms with E-state index in [1.54, 1.807) is 12.1 Å². The van der Waals surface area contributed by atoms with Crippen LogP contribution in [0, 0.1) is 0 Å². The summed E-state index contributed by atoms with van der Waals surface area (Å²) in [5.74, 6) is -0.643. The molecule has 0 radical (unpaired) electrons. The van der Waals surface area contributed by atoms with Crippen molar-refractivity contribution in [2.45, 2.75) is 31.4 Å². The van der Waals surface area contributed by atoms with Crippen molar-refractivity contribution in [3.63, 3.8) is 0 Å². The van der Waals surface area contributed by atoms with E-state index in [1.807, 2.05) is 18.2 Å². The number of benzene rings is 1. The summed E-state index contributed by atoms with van der Waals surface area (Å²) < 4.78 is 23.6. The van der Waals surface area contributed by atoms with E-state index >= 15 is 0 Å². The first kappa shape index (κ1) is 14.7. The largest absolute Gasteiger partial charge is 0.481 e. The highest BCUT2D eigenvalue weighted by atomic mass is 32.2. The summed E-state index contributed by atoms with van der Waals surface area (Å²) in [6.45, 7) is 0. The van der Waals surface area contributed by atoms with Crippen LogP contribution < -0.4 is 0 Å². The molecule has 100 valence electrons. The fourth-order valence-electron chi connectivity index (χ4n) is 1.68. The maximum Gasteiger partial charge on any atom is 0.303 e. The second-order valence-corrected chi connectivity index (χ2v) is 6.47. The highest BCUT2D eigenvalue weighted by molar-refractivity contribution is 7.90. The molecule has 0 aliphatic carbocycles. The quantitative estimate of drug-likeness (QED) is 0.735. The van der Waals surface area contributed by atoms with Gasteiger partial charge in [0.05, 0.1) is 11.5 Å². The minimum absolute atomic E-state index is 0.0623. The molecule has 0 bridgehead atoms. The molecule has 1 rings (SSSR count). The number of carboxylic acid groups (broad SMARTS) is 1. The Balaban J connectivity index is 2.30. The molecule has 0 aliphatic rings. The van der Waals surface area contributed by atoms with Gasteiger partial charge in [-0.1, -0.05) is 36.8 Å². The number of carboxylic acids is 1. The maximum absolute atomic E-state index is 11.8. The van der Waals surface area contributed by atoms with Gasteiger partial charge in [0.25, 0.3) is 0 Å². The Kier molecular flexibility index (Phi) is 5.85. The lowest BCUT2D eigenvalue weighted by Gasteiger charge is -2.04. The minimum Gasteiger partial charge on any atom is -0.481 e. The molecule has 0 aliphatic heterocycles. The predicted molar refractivity (Wildman–Crippen MR) is 70.0 cm³/mol. The van der Waals surface area contributed by atoms with E-state index in [-0.39, 0.29) is 17.9 Å². The van der Waals surface area contributed by atoms with Crippen molar-refractivity contribution in [1.29, 1.82) is 0 Å². The Morgan fingerprint density at radius 3 is 2.33 bits per heavy atom. The highest BCUT2D eigenvalue weighted by Crippen LogP contribution is 2.09. The summed E-state index contributed by atoms with van der Waals surface area (Å²) in [4.78, 5) is 10.3. The molecule has 0 fully saturated rings. The van der Waals surface area contributed by atoms with Gasteiger partial charge < -0.3 is 5.11 Å². The van der Waals surface area contributed by atoms with Gasteiger partial charge in [0.1, 0.15) is 0 Å². The molecule has 0 saturated heterocycles. The van der Waals surface area contributed by atoms with Gasteiger partial charge in [0.2, 0.25) is 0 Å². The Hall–Kier alpha value is -1.36. The molecule has 1 N–H and O–H groups in total. The van der Waals surface area contributed by atoms with Gasteiger partial charge in [-0.3, -0.25) is 4.79 Å². The normalized spacial score (nSPS) is 11.3. The molecular weight excluding hydrogens is 252 g/mol. The summed E-state index contributed by atoms with van der Waals surface area (Å²) in [5.41, 5.74) is 0.794. The van der Waals surface area contributed by atoms with Crippen molar-refractivity contribution >= 4 is 15.8 Å². The third-order valence-corrected chi connectivity index (χ3v) is 4.26. The van der Waals surface area contributed by atoms with E-state index in [4.69, 9.17) is 5.11 Å². The van der Waals surface area contributed by atoms with Gasteiger partial charge in [-0.2, -0.15) is 0 Å². The topological polar surface area (TPSA) is 71.4 Å². The smallest absolute Gasteiger partial charge is 0.303 e. The molecule has 0 spiro atoms. The van der Waals surface area contributed by atoms with E-state index in [0.29, 0.717) is 19.3 Å². The molecular formula is C13H18O4S. The van der Waals surface area contributed by atoms with Crippen molar-refractivity contribution in [3.05, 3.63) is 35.9 Å². The average molecular weight is 270 g/mol. The van der Waals surface area contributed by atoms with Gasteiger partial charge in [-0.15, -0.1) is 0 Å². The summed E-state index contributed by atoms with van der Waals surface area (Å²) in [6.07, 6.45) is 1.82. The van der Waals surface area contributed by atoms with Crippen LogP contribution in [-0.4, -0.2) is 25.2 Å². The fourth-order valence-corrected chi connectivity index (χ4v) is 3.16. The first-order valence-electron chi connectivity index (χ1n) is 5.96. The van der Waals surface area contributed by atoms with Crippen LogP contribution in [0.3, 0.4) is 0 Å². The molecule has 0 saturated carbocycles. The number of hydrogen-bond acceptors (Lipinski definition) is 3. The van der Waals surface area contributed by atoms with Crippen LogP contribution in [0.5, 0.6) is 0 Å². The van der Waals surface area contributed by atoms with Crippen LogP contribution in [-0.2, 0) is 20.4 Å². The van der Waals surface area contributed by atoms with Gasteiger partial charge in [0, 0.05) is 6.42 Å². The van der Waals surface area contributed by atoms with Gasteiger partial charge in [0.15, 0.2) is 9.84 Å². The average Bonchev–Trinajstić information content (AvgIpc) is 2.28. The zero-order valence-corrected chi connectivity index (χ0v) is 11.0. The van der Waals surface area contributed by atoms with E-state index < -0.39 is 15.8 Å². The fraction of sp³-hybridized carbons (Fsp3) is 0.462. The first-order valence-corrected chi connectivity index (χ1v) is 7.78. The lowest BCUT2D eigenvalue weighted by molar-refractivity contribution is -0.137. The van der Waals surface area contributed by atoms with Crippen molar-refractivity contribution in [2.24, 2.45) is 0 Å². The summed E-state index contributed by atoms with van der Waals surface area (Å²) >= 11 is 0. The monoisotopic (exact) mass is 270 g/mol.